The Morgan fingerprint density at radius 2 is 1.55 bits per heavy atom. The van der Waals surface area contributed by atoms with E-state index in [2.05, 4.69) is 4.72 Å². The van der Waals surface area contributed by atoms with Crippen molar-refractivity contribution in [2.24, 2.45) is 0 Å². The summed E-state index contributed by atoms with van der Waals surface area (Å²) < 4.78 is 27.2. The molecule has 0 bridgehead atoms. The van der Waals surface area contributed by atoms with E-state index in [1.54, 1.807) is 25.1 Å². The van der Waals surface area contributed by atoms with Crippen molar-refractivity contribution in [3.8, 4) is 0 Å². The number of sulfonamides is 1. The van der Waals surface area contributed by atoms with Gasteiger partial charge in [-0.1, -0.05) is 53.0 Å². The lowest BCUT2D eigenvalue weighted by Gasteiger charge is -2.12. The molecule has 0 saturated heterocycles. The second kappa shape index (κ2) is 5.82. The average molecular weight is 351 g/mol. The van der Waals surface area contributed by atoms with Gasteiger partial charge in [0.05, 0.1) is 20.8 Å². The van der Waals surface area contributed by atoms with Crippen LogP contribution in [-0.2, 0) is 10.0 Å². The van der Waals surface area contributed by atoms with Gasteiger partial charge in [0.15, 0.2) is 0 Å². The molecule has 2 aromatic rings. The molecule has 0 unspecified atom stereocenters. The highest BCUT2D eigenvalue weighted by Gasteiger charge is 2.20. The van der Waals surface area contributed by atoms with Gasteiger partial charge in [0.1, 0.15) is 4.90 Å². The number of rotatable bonds is 3. The number of benzene rings is 2. The molecule has 0 spiro atoms. The van der Waals surface area contributed by atoms with E-state index in [1.165, 1.54) is 12.1 Å². The zero-order chi connectivity index (χ0) is 14.9. The third-order valence-electron chi connectivity index (χ3n) is 2.65. The molecule has 20 heavy (non-hydrogen) atoms. The predicted octanol–water partition coefficient (Wildman–Crippen LogP) is 4.76. The van der Waals surface area contributed by atoms with Gasteiger partial charge in [-0.2, -0.15) is 0 Å². The first kappa shape index (κ1) is 15.4. The average Bonchev–Trinajstić information content (AvgIpc) is 2.36. The molecule has 2 aromatic carbocycles. The van der Waals surface area contributed by atoms with Crippen LogP contribution in [0.25, 0.3) is 0 Å². The maximum Gasteiger partial charge on any atom is 0.263 e. The van der Waals surface area contributed by atoms with Crippen LogP contribution in [0.2, 0.25) is 15.1 Å². The maximum absolute atomic E-state index is 12.3. The van der Waals surface area contributed by atoms with Crippen LogP contribution in [0.4, 0.5) is 5.69 Å². The number of nitrogens with one attached hydrogen (secondary N) is 1. The lowest BCUT2D eigenvalue weighted by molar-refractivity contribution is 0.601. The van der Waals surface area contributed by atoms with Crippen molar-refractivity contribution in [2.75, 3.05) is 4.72 Å². The third kappa shape index (κ3) is 3.20. The number of halogens is 3. The summed E-state index contributed by atoms with van der Waals surface area (Å²) in [6, 6.07) is 9.55. The minimum Gasteiger partial charge on any atom is -0.279 e. The fourth-order valence-corrected chi connectivity index (χ4v) is 3.73. The first-order valence-electron chi connectivity index (χ1n) is 5.54. The molecule has 0 saturated carbocycles. The molecule has 3 nitrogen and oxygen atoms in total. The molecule has 0 aliphatic rings. The van der Waals surface area contributed by atoms with E-state index in [-0.39, 0.29) is 20.0 Å². The van der Waals surface area contributed by atoms with E-state index < -0.39 is 10.0 Å². The van der Waals surface area contributed by atoms with Crippen molar-refractivity contribution in [1.82, 2.24) is 0 Å². The van der Waals surface area contributed by atoms with Gasteiger partial charge in [0.2, 0.25) is 0 Å². The van der Waals surface area contributed by atoms with Crippen LogP contribution < -0.4 is 4.72 Å². The SMILES string of the molecule is Cc1ccccc1NS(=O)(=O)c1cc(Cl)c(Cl)cc1Cl. The predicted molar refractivity (Wildman–Crippen MR) is 83.5 cm³/mol. The van der Waals surface area contributed by atoms with Gasteiger partial charge in [-0.3, -0.25) is 4.72 Å². The normalized spacial score (nSPS) is 11.4. The van der Waals surface area contributed by atoms with Gasteiger partial charge in [-0.25, -0.2) is 8.42 Å². The van der Waals surface area contributed by atoms with Crippen molar-refractivity contribution in [3.05, 3.63) is 57.0 Å². The number of hydrogen-bond donors (Lipinski definition) is 1. The second-order valence-corrected chi connectivity index (χ2v) is 6.99. The number of aryl methyl sites for hydroxylation is 1. The van der Waals surface area contributed by atoms with Crippen molar-refractivity contribution in [1.29, 1.82) is 0 Å². The molecule has 1 N–H and O–H groups in total. The standard InChI is InChI=1S/C13H10Cl3NO2S/c1-8-4-2-3-5-12(8)17-20(18,19)13-7-10(15)9(14)6-11(13)16/h2-7,17H,1H3. The van der Waals surface area contributed by atoms with Crippen molar-refractivity contribution in [3.63, 3.8) is 0 Å². The van der Waals surface area contributed by atoms with Crippen molar-refractivity contribution in [2.45, 2.75) is 11.8 Å². The molecule has 106 valence electrons. The van der Waals surface area contributed by atoms with Crippen LogP contribution >= 0.6 is 34.8 Å². The molecule has 0 radical (unpaired) electrons. The van der Waals surface area contributed by atoms with Gasteiger partial charge in [0.25, 0.3) is 10.0 Å². The lowest BCUT2D eigenvalue weighted by atomic mass is 10.2. The molecule has 0 aromatic heterocycles. The highest BCUT2D eigenvalue weighted by atomic mass is 35.5. The van der Waals surface area contributed by atoms with E-state index >= 15 is 0 Å². The summed E-state index contributed by atoms with van der Waals surface area (Å²) in [7, 11) is -3.83. The van der Waals surface area contributed by atoms with E-state index in [1.807, 2.05) is 6.07 Å². The Labute approximate surface area is 132 Å². The Morgan fingerprint density at radius 1 is 0.950 bits per heavy atom. The van der Waals surface area contributed by atoms with Gasteiger partial charge in [-0.05, 0) is 30.7 Å². The molecule has 0 aliphatic heterocycles. The maximum atomic E-state index is 12.3. The smallest absolute Gasteiger partial charge is 0.263 e. The molecule has 0 amide bonds. The van der Waals surface area contributed by atoms with E-state index in [9.17, 15) is 8.42 Å². The van der Waals surface area contributed by atoms with Crippen LogP contribution in [0.3, 0.4) is 0 Å². The summed E-state index contributed by atoms with van der Waals surface area (Å²) in [6.07, 6.45) is 0. The summed E-state index contributed by atoms with van der Waals surface area (Å²) in [6.45, 7) is 1.80. The van der Waals surface area contributed by atoms with Crippen LogP contribution in [0, 0.1) is 6.92 Å². The molecule has 2 rings (SSSR count). The van der Waals surface area contributed by atoms with Crippen LogP contribution in [0.5, 0.6) is 0 Å². The molecule has 0 heterocycles. The van der Waals surface area contributed by atoms with Crippen molar-refractivity contribution < 1.29 is 8.42 Å². The summed E-state index contributed by atoms with van der Waals surface area (Å²) in [5, 5.41) is 0.341. The zero-order valence-electron chi connectivity index (χ0n) is 10.3. The zero-order valence-corrected chi connectivity index (χ0v) is 13.4. The minimum absolute atomic E-state index is 0.0143. The summed E-state index contributed by atoms with van der Waals surface area (Å²) in [5.74, 6) is 0. The summed E-state index contributed by atoms with van der Waals surface area (Å²) >= 11 is 17.6. The highest BCUT2D eigenvalue weighted by Crippen LogP contribution is 2.32. The van der Waals surface area contributed by atoms with Gasteiger partial charge < -0.3 is 0 Å². The number of hydrogen-bond acceptors (Lipinski definition) is 2. The molecule has 7 heteroatoms. The summed E-state index contributed by atoms with van der Waals surface area (Å²) in [5.41, 5.74) is 1.28. The Balaban J connectivity index is 2.47. The molecule has 0 aliphatic carbocycles. The van der Waals surface area contributed by atoms with Crippen LogP contribution in [0.15, 0.2) is 41.3 Å². The molecular formula is C13H10Cl3NO2S. The Hall–Kier alpha value is -0.940. The largest absolute Gasteiger partial charge is 0.279 e. The van der Waals surface area contributed by atoms with Crippen molar-refractivity contribution >= 4 is 50.5 Å². The molecular weight excluding hydrogens is 341 g/mol. The third-order valence-corrected chi connectivity index (χ3v) is 5.21. The fraction of sp³-hybridized carbons (Fsp3) is 0.0769. The first-order chi connectivity index (χ1) is 9.31. The fourth-order valence-electron chi connectivity index (χ4n) is 1.60. The Bertz CT molecular complexity index is 760. The van der Waals surface area contributed by atoms with Gasteiger partial charge in [-0.15, -0.1) is 0 Å². The Morgan fingerprint density at radius 3 is 2.20 bits per heavy atom. The number of anilines is 1. The number of para-hydroxylation sites is 1. The minimum atomic E-state index is -3.83. The van der Waals surface area contributed by atoms with Gasteiger partial charge >= 0.3 is 0 Å². The second-order valence-electron chi connectivity index (χ2n) is 4.12. The quantitative estimate of drug-likeness (QED) is 0.811. The topological polar surface area (TPSA) is 46.2 Å². The van der Waals surface area contributed by atoms with E-state index in [0.29, 0.717) is 5.69 Å². The molecule has 0 fully saturated rings. The Kier molecular flexibility index (Phi) is 4.49. The van der Waals surface area contributed by atoms with E-state index in [4.69, 9.17) is 34.8 Å². The van der Waals surface area contributed by atoms with Gasteiger partial charge in [0, 0.05) is 0 Å². The lowest BCUT2D eigenvalue weighted by Crippen LogP contribution is -2.14. The first-order valence-corrected chi connectivity index (χ1v) is 8.16. The summed E-state index contributed by atoms with van der Waals surface area (Å²) in [4.78, 5) is -0.114. The monoisotopic (exact) mass is 349 g/mol. The van der Waals surface area contributed by atoms with E-state index in [0.717, 1.165) is 5.56 Å². The molecule has 0 atom stereocenters. The van der Waals surface area contributed by atoms with Crippen LogP contribution in [-0.4, -0.2) is 8.42 Å². The van der Waals surface area contributed by atoms with Crippen LogP contribution in [0.1, 0.15) is 5.56 Å². The highest BCUT2D eigenvalue weighted by molar-refractivity contribution is 7.92.